The second kappa shape index (κ2) is 7.30. The van der Waals surface area contributed by atoms with Crippen LogP contribution in [0, 0.1) is 0 Å². The van der Waals surface area contributed by atoms with Crippen LogP contribution >= 0.6 is 23.1 Å². The molecule has 1 N–H and O–H groups in total. The van der Waals surface area contributed by atoms with Crippen molar-refractivity contribution in [3.8, 4) is 21.9 Å². The van der Waals surface area contributed by atoms with Gasteiger partial charge in [0.15, 0.2) is 11.5 Å². The summed E-state index contributed by atoms with van der Waals surface area (Å²) in [5.74, 6) is 0.857. The Hall–Kier alpha value is -3.41. The van der Waals surface area contributed by atoms with Crippen molar-refractivity contribution < 1.29 is 17.9 Å². The molecular formula is C22H15N3O5S3. The highest BCUT2D eigenvalue weighted by molar-refractivity contribution is 7.92. The lowest BCUT2D eigenvalue weighted by molar-refractivity contribution is 0.174. The maximum atomic E-state index is 13.2. The number of aryl methyl sites for hydroxylation is 1. The predicted octanol–water partition coefficient (Wildman–Crippen LogP) is 4.41. The first kappa shape index (κ1) is 20.2. The van der Waals surface area contributed by atoms with Gasteiger partial charge in [0.25, 0.3) is 14.8 Å². The molecule has 3 aromatic carbocycles. The van der Waals surface area contributed by atoms with Crippen molar-refractivity contribution >= 4 is 60.6 Å². The first-order valence-electron chi connectivity index (χ1n) is 9.82. The summed E-state index contributed by atoms with van der Waals surface area (Å²) in [4.78, 5) is 13.2. The van der Waals surface area contributed by atoms with Crippen molar-refractivity contribution in [3.05, 3.63) is 64.1 Å². The topological polar surface area (TPSA) is 99.5 Å². The zero-order chi connectivity index (χ0) is 22.7. The molecule has 0 spiro atoms. The third kappa shape index (κ3) is 3.27. The van der Waals surface area contributed by atoms with Gasteiger partial charge in [0.1, 0.15) is 0 Å². The summed E-state index contributed by atoms with van der Waals surface area (Å²) in [5.41, 5.74) is 2.67. The van der Waals surface area contributed by atoms with Gasteiger partial charge in [-0.1, -0.05) is 12.1 Å². The van der Waals surface area contributed by atoms with Crippen molar-refractivity contribution in [2.75, 3.05) is 11.5 Å². The van der Waals surface area contributed by atoms with Gasteiger partial charge in [-0.3, -0.25) is 13.5 Å². The van der Waals surface area contributed by atoms with Crippen LogP contribution in [0.5, 0.6) is 11.5 Å². The molecule has 0 bridgehead atoms. The SMILES string of the molecule is Cn1sc(=O)c2cc(-c3snc4ccc(S(=O)(=O)Nc5cccc6c5OCO6)cc34)ccc21. The minimum Gasteiger partial charge on any atom is -0.454 e. The van der Waals surface area contributed by atoms with E-state index in [9.17, 15) is 13.2 Å². The minimum atomic E-state index is -3.90. The molecule has 0 atom stereocenters. The van der Waals surface area contributed by atoms with Crippen LogP contribution in [0.1, 0.15) is 0 Å². The summed E-state index contributed by atoms with van der Waals surface area (Å²) in [6, 6.07) is 15.5. The predicted molar refractivity (Wildman–Crippen MR) is 129 cm³/mol. The summed E-state index contributed by atoms with van der Waals surface area (Å²) >= 11 is 2.42. The first-order valence-corrected chi connectivity index (χ1v) is 12.8. The van der Waals surface area contributed by atoms with Gasteiger partial charge in [0, 0.05) is 12.4 Å². The van der Waals surface area contributed by atoms with Crippen LogP contribution in [-0.4, -0.2) is 23.5 Å². The Bertz CT molecular complexity index is 1730. The number of hydrogen-bond donors (Lipinski definition) is 1. The van der Waals surface area contributed by atoms with E-state index in [-0.39, 0.29) is 16.4 Å². The fourth-order valence-electron chi connectivity index (χ4n) is 3.85. The second-order valence-corrected chi connectivity index (χ2v) is 11.0. The number of sulfonamides is 1. The van der Waals surface area contributed by atoms with Gasteiger partial charge in [-0.05, 0) is 71.1 Å². The van der Waals surface area contributed by atoms with Gasteiger partial charge in [0.05, 0.1) is 31.9 Å². The molecule has 5 aromatic rings. The van der Waals surface area contributed by atoms with Gasteiger partial charge in [-0.15, -0.1) is 0 Å². The number of hydrogen-bond acceptors (Lipinski definition) is 8. The number of nitrogens with zero attached hydrogens (tertiary/aromatic N) is 2. The Balaban J connectivity index is 1.43. The number of rotatable bonds is 4. The van der Waals surface area contributed by atoms with E-state index < -0.39 is 10.0 Å². The van der Waals surface area contributed by atoms with Crippen LogP contribution < -0.4 is 18.9 Å². The third-order valence-corrected chi connectivity index (χ3v) is 8.58. The molecule has 1 aliphatic heterocycles. The highest BCUT2D eigenvalue weighted by atomic mass is 32.2. The van der Waals surface area contributed by atoms with Gasteiger partial charge in [-0.2, -0.15) is 4.37 Å². The summed E-state index contributed by atoms with van der Waals surface area (Å²) < 4.78 is 45.9. The number of benzene rings is 3. The Morgan fingerprint density at radius 3 is 2.82 bits per heavy atom. The molecule has 6 rings (SSSR count). The van der Waals surface area contributed by atoms with E-state index in [1.807, 2.05) is 29.2 Å². The van der Waals surface area contributed by atoms with E-state index in [1.165, 1.54) is 17.6 Å². The van der Waals surface area contributed by atoms with Crippen molar-refractivity contribution in [3.63, 3.8) is 0 Å². The lowest BCUT2D eigenvalue weighted by atomic mass is 10.1. The smallest absolute Gasteiger partial charge is 0.262 e. The van der Waals surface area contributed by atoms with Crippen LogP contribution in [0.4, 0.5) is 5.69 Å². The van der Waals surface area contributed by atoms with Crippen molar-refractivity contribution in [1.29, 1.82) is 0 Å². The van der Waals surface area contributed by atoms with Crippen LogP contribution in [0.3, 0.4) is 0 Å². The number of para-hydroxylation sites is 1. The molecule has 166 valence electrons. The molecule has 0 aliphatic carbocycles. The average Bonchev–Trinajstić information content (AvgIpc) is 3.51. The van der Waals surface area contributed by atoms with Crippen LogP contribution in [0.25, 0.3) is 32.2 Å². The molecule has 0 unspecified atom stereocenters. The molecular weight excluding hydrogens is 482 g/mol. The molecule has 0 saturated carbocycles. The van der Waals surface area contributed by atoms with Crippen LogP contribution in [0.2, 0.25) is 0 Å². The standard InChI is InChI=1S/C22H15N3O5S3/c1-25-18-8-5-12(9-15(18)22(26)32-25)21-14-10-13(6-7-16(14)23-31-21)33(27,28)24-17-3-2-4-19-20(17)30-11-29-19/h2-10,24H,11H2,1H3. The quantitative estimate of drug-likeness (QED) is 0.395. The Morgan fingerprint density at radius 2 is 1.94 bits per heavy atom. The summed E-state index contributed by atoms with van der Waals surface area (Å²) in [6.07, 6.45) is 0. The van der Waals surface area contributed by atoms with Crippen LogP contribution in [0.15, 0.2) is 64.3 Å². The highest BCUT2D eigenvalue weighted by Gasteiger charge is 2.23. The van der Waals surface area contributed by atoms with Gasteiger partial charge in [-0.25, -0.2) is 8.42 Å². The lowest BCUT2D eigenvalue weighted by Gasteiger charge is -2.10. The Morgan fingerprint density at radius 1 is 1.06 bits per heavy atom. The van der Waals surface area contributed by atoms with E-state index in [0.717, 1.165) is 27.5 Å². The zero-order valence-electron chi connectivity index (χ0n) is 17.1. The number of ether oxygens (including phenoxy) is 2. The minimum absolute atomic E-state index is 0.0165. The average molecular weight is 498 g/mol. The molecule has 33 heavy (non-hydrogen) atoms. The number of aromatic nitrogens is 2. The van der Waals surface area contributed by atoms with E-state index >= 15 is 0 Å². The Labute approximate surface area is 196 Å². The number of fused-ring (bicyclic) bond motifs is 3. The number of anilines is 1. The van der Waals surface area contributed by atoms with Gasteiger partial charge in [0.2, 0.25) is 6.79 Å². The second-order valence-electron chi connectivity index (χ2n) is 7.44. The largest absolute Gasteiger partial charge is 0.454 e. The molecule has 2 aromatic heterocycles. The van der Waals surface area contributed by atoms with E-state index in [0.29, 0.717) is 33.5 Å². The fraction of sp³-hybridized carbons (Fsp3) is 0.0909. The Kier molecular flexibility index (Phi) is 4.47. The summed E-state index contributed by atoms with van der Waals surface area (Å²) in [5, 5.41) is 1.33. The van der Waals surface area contributed by atoms with E-state index in [1.54, 1.807) is 30.3 Å². The number of nitrogens with one attached hydrogen (secondary N) is 1. The maximum Gasteiger partial charge on any atom is 0.262 e. The first-order chi connectivity index (χ1) is 15.9. The van der Waals surface area contributed by atoms with Gasteiger partial charge >= 0.3 is 0 Å². The zero-order valence-corrected chi connectivity index (χ0v) is 19.5. The molecule has 0 fully saturated rings. The molecule has 8 nitrogen and oxygen atoms in total. The molecule has 0 radical (unpaired) electrons. The van der Waals surface area contributed by atoms with Crippen LogP contribution in [-0.2, 0) is 17.1 Å². The van der Waals surface area contributed by atoms with E-state index in [4.69, 9.17) is 9.47 Å². The third-order valence-electron chi connectivity index (χ3n) is 5.44. The molecule has 0 amide bonds. The molecule has 0 saturated heterocycles. The van der Waals surface area contributed by atoms with Crippen molar-refractivity contribution in [2.45, 2.75) is 4.90 Å². The van der Waals surface area contributed by atoms with E-state index in [2.05, 4.69) is 9.10 Å². The van der Waals surface area contributed by atoms with Crippen molar-refractivity contribution in [1.82, 2.24) is 8.33 Å². The van der Waals surface area contributed by atoms with Crippen molar-refractivity contribution in [2.24, 2.45) is 7.05 Å². The highest BCUT2D eigenvalue weighted by Crippen LogP contribution is 2.40. The summed E-state index contributed by atoms with van der Waals surface area (Å²) in [7, 11) is -2.05. The summed E-state index contributed by atoms with van der Waals surface area (Å²) in [6.45, 7) is 0.0432. The molecule has 3 heterocycles. The molecule has 1 aliphatic rings. The fourth-order valence-corrected chi connectivity index (χ4v) is 6.55. The maximum absolute atomic E-state index is 13.2. The lowest BCUT2D eigenvalue weighted by Crippen LogP contribution is -2.13. The molecule has 11 heteroatoms. The normalized spacial score (nSPS) is 13.1. The van der Waals surface area contributed by atoms with Gasteiger partial charge < -0.3 is 9.47 Å². The monoisotopic (exact) mass is 497 g/mol.